The van der Waals surface area contributed by atoms with E-state index in [0.29, 0.717) is 17.4 Å². The lowest BCUT2D eigenvalue weighted by atomic mass is 9.72. The maximum Gasteiger partial charge on any atom is 0.469 e. The van der Waals surface area contributed by atoms with E-state index >= 15 is 0 Å². The Bertz CT molecular complexity index is 761. The summed E-state index contributed by atoms with van der Waals surface area (Å²) in [7, 11) is -3.55. The van der Waals surface area contributed by atoms with E-state index in [-0.39, 0.29) is 26.2 Å². The number of carbonyl (C=O) groups is 2. The van der Waals surface area contributed by atoms with E-state index in [0.717, 1.165) is 0 Å². The molecule has 0 fully saturated rings. The van der Waals surface area contributed by atoms with Crippen molar-refractivity contribution in [3.05, 3.63) is 0 Å². The second-order valence-electron chi connectivity index (χ2n) is 9.70. The largest absolute Gasteiger partial charge is 0.756 e. The second kappa shape index (κ2) is 13.4. The Morgan fingerprint density at radius 2 is 1.32 bits per heavy atom. The van der Waals surface area contributed by atoms with E-state index < -0.39 is 51.6 Å². The molecule has 2 N–H and O–H groups in total. The highest BCUT2D eigenvalue weighted by molar-refractivity contribution is 7.46. The molecule has 2 atom stereocenters. The molecule has 2 unspecified atom stereocenters. The molecule has 0 saturated heterocycles. The summed E-state index contributed by atoms with van der Waals surface area (Å²) in [5, 5.41) is 0. The molecule has 34 heavy (non-hydrogen) atoms. The van der Waals surface area contributed by atoms with Crippen LogP contribution in [-0.2, 0) is 41.8 Å². The lowest BCUT2D eigenvalue weighted by Crippen LogP contribution is -2.39. The van der Waals surface area contributed by atoms with Gasteiger partial charge in [0, 0.05) is 0 Å². The molecule has 0 aliphatic heterocycles. The number of esters is 2. The van der Waals surface area contributed by atoms with Gasteiger partial charge in [-0.05, 0) is 33.6 Å². The van der Waals surface area contributed by atoms with Gasteiger partial charge in [0.15, 0.2) is 0 Å². The Morgan fingerprint density at radius 3 is 1.79 bits per heavy atom. The summed E-state index contributed by atoms with van der Waals surface area (Å²) >= 11 is 0. The monoisotopic (exact) mass is 535 g/mol. The van der Waals surface area contributed by atoms with E-state index in [2.05, 4.69) is 4.52 Å². The molecule has 0 aliphatic carbocycles. The van der Waals surface area contributed by atoms with Crippen LogP contribution in [0.2, 0.25) is 0 Å². The van der Waals surface area contributed by atoms with Gasteiger partial charge in [0.05, 0.1) is 45.2 Å². The number of phosphoric ester groups is 2. The molecular formula is C19H39NO12P2. The van der Waals surface area contributed by atoms with Crippen LogP contribution in [0.4, 0.5) is 0 Å². The molecule has 15 heteroatoms. The zero-order valence-corrected chi connectivity index (χ0v) is 22.8. The Morgan fingerprint density at radius 1 is 0.853 bits per heavy atom. The number of hydrogen-bond acceptors (Lipinski definition) is 10. The first-order valence-electron chi connectivity index (χ1n) is 10.7. The predicted molar refractivity (Wildman–Crippen MR) is 119 cm³/mol. The third-order valence-electron chi connectivity index (χ3n) is 4.81. The summed E-state index contributed by atoms with van der Waals surface area (Å²) in [6.45, 7) is 5.27. The van der Waals surface area contributed by atoms with Crippen molar-refractivity contribution in [1.29, 1.82) is 0 Å². The van der Waals surface area contributed by atoms with Crippen LogP contribution in [0.3, 0.4) is 0 Å². The lowest BCUT2D eigenvalue weighted by Gasteiger charge is -2.33. The number of carbonyl (C=O) groups excluding carboxylic acids is 2. The van der Waals surface area contributed by atoms with Gasteiger partial charge < -0.3 is 37.7 Å². The molecule has 0 heterocycles. The molecule has 0 aromatic rings. The fourth-order valence-corrected chi connectivity index (χ4v) is 3.79. The highest BCUT2D eigenvalue weighted by atomic mass is 31.2. The average Bonchev–Trinajstić information content (AvgIpc) is 2.65. The van der Waals surface area contributed by atoms with Gasteiger partial charge in [0.1, 0.15) is 26.4 Å². The van der Waals surface area contributed by atoms with E-state index in [9.17, 15) is 23.6 Å². The van der Waals surface area contributed by atoms with Gasteiger partial charge in [0.2, 0.25) is 0 Å². The topological polar surface area (TPSA) is 178 Å². The van der Waals surface area contributed by atoms with Crippen molar-refractivity contribution in [1.82, 2.24) is 0 Å². The van der Waals surface area contributed by atoms with Crippen molar-refractivity contribution >= 4 is 27.6 Å². The van der Waals surface area contributed by atoms with E-state index in [4.69, 9.17) is 28.3 Å². The lowest BCUT2D eigenvalue weighted by molar-refractivity contribution is -0.870. The minimum Gasteiger partial charge on any atom is -0.756 e. The zero-order valence-electron chi connectivity index (χ0n) is 21.0. The van der Waals surface area contributed by atoms with E-state index in [1.54, 1.807) is 27.7 Å². The Kier molecular flexibility index (Phi) is 13.1. The third-order valence-corrected chi connectivity index (χ3v) is 6.33. The normalized spacial score (nSPS) is 16.4. The van der Waals surface area contributed by atoms with Crippen LogP contribution in [-0.4, -0.2) is 86.9 Å². The average molecular weight is 535 g/mol. The molecule has 0 saturated carbocycles. The molecule has 0 radical (unpaired) electrons. The molecule has 0 rings (SSSR count). The Labute approximate surface area is 201 Å². The number of hydrogen-bond donors (Lipinski definition) is 2. The maximum atomic E-state index is 12.7. The van der Waals surface area contributed by atoms with Gasteiger partial charge in [-0.2, -0.15) is 0 Å². The van der Waals surface area contributed by atoms with Gasteiger partial charge in [-0.15, -0.1) is 0 Å². The summed E-state index contributed by atoms with van der Waals surface area (Å²) in [6.07, 6.45) is 0.363. The van der Waals surface area contributed by atoms with Gasteiger partial charge in [0.25, 0.3) is 7.82 Å². The van der Waals surface area contributed by atoms with Crippen molar-refractivity contribution < 1.29 is 60.9 Å². The van der Waals surface area contributed by atoms with Crippen molar-refractivity contribution in [2.45, 2.75) is 40.5 Å². The maximum absolute atomic E-state index is 12.7. The van der Waals surface area contributed by atoms with Gasteiger partial charge >= 0.3 is 19.8 Å². The molecule has 0 aromatic carbocycles. The molecule has 0 aromatic heterocycles. The van der Waals surface area contributed by atoms with Crippen LogP contribution in [0, 0.1) is 10.8 Å². The van der Waals surface area contributed by atoms with Crippen molar-refractivity contribution in [2.24, 2.45) is 10.8 Å². The smallest absolute Gasteiger partial charge is 0.469 e. The molecule has 202 valence electrons. The number of phosphoric acid groups is 2. The van der Waals surface area contributed by atoms with Crippen LogP contribution in [0.1, 0.15) is 40.5 Å². The highest BCUT2D eigenvalue weighted by Gasteiger charge is 2.43. The molecular weight excluding hydrogens is 496 g/mol. The summed E-state index contributed by atoms with van der Waals surface area (Å²) in [6, 6.07) is 0. The number of rotatable bonds is 17. The van der Waals surface area contributed by atoms with Crippen molar-refractivity contribution in [3.8, 4) is 0 Å². The molecule has 0 spiro atoms. The Balaban J connectivity index is 4.66. The first kappa shape index (κ1) is 33.1. The predicted octanol–water partition coefficient (Wildman–Crippen LogP) is 1.22. The van der Waals surface area contributed by atoms with Crippen LogP contribution in [0.15, 0.2) is 0 Å². The van der Waals surface area contributed by atoms with Crippen molar-refractivity contribution in [2.75, 3.05) is 60.7 Å². The Hall–Kier alpha value is -0.880. The van der Waals surface area contributed by atoms with Crippen LogP contribution in [0.25, 0.3) is 0 Å². The summed E-state index contributed by atoms with van der Waals surface area (Å²) in [5.74, 6) is -1.33. The van der Waals surface area contributed by atoms with Gasteiger partial charge in [-0.1, -0.05) is 6.92 Å². The zero-order chi connectivity index (χ0) is 26.8. The fraction of sp³-hybridized carbons (Fsp3) is 0.895. The minimum atomic E-state index is -4.66. The summed E-state index contributed by atoms with van der Waals surface area (Å²) < 4.78 is 46.8. The van der Waals surface area contributed by atoms with Crippen LogP contribution < -0.4 is 4.89 Å². The molecule has 0 amide bonds. The van der Waals surface area contributed by atoms with Crippen LogP contribution in [0.5, 0.6) is 0 Å². The van der Waals surface area contributed by atoms with E-state index in [1.165, 1.54) is 0 Å². The van der Waals surface area contributed by atoms with Gasteiger partial charge in [-0.3, -0.25) is 18.7 Å². The summed E-state index contributed by atoms with van der Waals surface area (Å²) in [5.41, 5.74) is -2.22. The standard InChI is InChI=1S/C19H39NO12P2/c1-8-19(4,15-18(2,3)16(21)28-11-13-30-33(23,24)25)17(22)29-12-14-32-34(26,27)31-10-9-20(5,6)7/h8-15H2,1-7H3,(H2-,23,24,25,26,27). The first-order valence-corrected chi connectivity index (χ1v) is 13.7. The number of nitrogens with zero attached hydrogens (tertiary/aromatic N) is 1. The third kappa shape index (κ3) is 14.5. The first-order chi connectivity index (χ1) is 15.2. The quantitative estimate of drug-likeness (QED) is 0.118. The number of quaternary nitrogens is 1. The second-order valence-corrected chi connectivity index (χ2v) is 12.3. The van der Waals surface area contributed by atoms with Crippen LogP contribution >= 0.6 is 15.6 Å². The SMILES string of the molecule is CCC(C)(CC(C)(C)C(=O)OCCOP(=O)(O)O)C(=O)OCCOP(=O)([O-])OCC[N+](C)(C)C. The van der Waals surface area contributed by atoms with E-state index in [1.807, 2.05) is 21.1 Å². The highest BCUT2D eigenvalue weighted by Crippen LogP contribution is 2.40. The molecule has 0 bridgehead atoms. The fourth-order valence-electron chi connectivity index (χ4n) is 2.80. The molecule has 13 nitrogen and oxygen atoms in total. The number of ether oxygens (including phenoxy) is 2. The molecule has 0 aliphatic rings. The minimum absolute atomic E-state index is 0.0442. The number of likely N-dealkylation sites (N-methyl/N-ethyl adjacent to an activating group) is 1. The summed E-state index contributed by atoms with van der Waals surface area (Å²) in [4.78, 5) is 54.1. The van der Waals surface area contributed by atoms with Gasteiger partial charge in [-0.25, -0.2) is 4.57 Å². The van der Waals surface area contributed by atoms with Crippen molar-refractivity contribution in [3.63, 3.8) is 0 Å².